The maximum atomic E-state index is 10.8. The second-order valence-corrected chi connectivity index (χ2v) is 6.43. The molecule has 2 heteroatoms. The van der Waals surface area contributed by atoms with Crippen molar-refractivity contribution in [2.45, 2.75) is 57.7 Å². The van der Waals surface area contributed by atoms with Crippen LogP contribution in [0.25, 0.3) is 0 Å². The second kappa shape index (κ2) is 6.28. The van der Waals surface area contributed by atoms with Crippen LogP contribution in [0.5, 0.6) is 0 Å². The molecule has 1 heterocycles. The number of aliphatic hydroxyl groups is 1. The highest BCUT2D eigenvalue weighted by atomic mass is 16.5. The molecular formula is C18H26O2. The fourth-order valence-electron chi connectivity index (χ4n) is 3.97. The first-order valence-corrected chi connectivity index (χ1v) is 8.17. The molecule has 0 spiro atoms. The summed E-state index contributed by atoms with van der Waals surface area (Å²) in [4.78, 5) is 0. The monoisotopic (exact) mass is 274 g/mol. The molecule has 1 N–H and O–H groups in total. The predicted molar refractivity (Wildman–Crippen MR) is 80.6 cm³/mol. The van der Waals surface area contributed by atoms with Crippen LogP contribution in [-0.2, 0) is 11.2 Å². The third kappa shape index (κ3) is 2.77. The smallest absolute Gasteiger partial charge is 0.109 e. The van der Waals surface area contributed by atoms with Gasteiger partial charge in [0.15, 0.2) is 0 Å². The maximum Gasteiger partial charge on any atom is 0.109 e. The molecule has 1 aliphatic heterocycles. The third-order valence-corrected chi connectivity index (χ3v) is 5.22. The lowest BCUT2D eigenvalue weighted by atomic mass is 9.75. The minimum atomic E-state index is -0.342. The lowest BCUT2D eigenvalue weighted by Crippen LogP contribution is -2.35. The molecule has 1 aromatic rings. The Morgan fingerprint density at radius 3 is 3.00 bits per heavy atom. The summed E-state index contributed by atoms with van der Waals surface area (Å²) in [7, 11) is 0. The number of hydrogen-bond donors (Lipinski definition) is 1. The number of benzene rings is 1. The molecule has 0 amide bonds. The molecule has 4 unspecified atom stereocenters. The van der Waals surface area contributed by atoms with E-state index in [0.717, 1.165) is 25.4 Å². The summed E-state index contributed by atoms with van der Waals surface area (Å²) in [5.41, 5.74) is 2.57. The Kier molecular flexibility index (Phi) is 4.42. The second-order valence-electron chi connectivity index (χ2n) is 6.43. The molecule has 1 aromatic carbocycles. The highest BCUT2D eigenvalue weighted by Crippen LogP contribution is 2.39. The van der Waals surface area contributed by atoms with Crippen LogP contribution in [0, 0.1) is 11.8 Å². The van der Waals surface area contributed by atoms with Crippen LogP contribution in [0.3, 0.4) is 0 Å². The van der Waals surface area contributed by atoms with Gasteiger partial charge in [-0.3, -0.25) is 0 Å². The van der Waals surface area contributed by atoms with Gasteiger partial charge in [0.05, 0.1) is 12.7 Å². The molecular weight excluding hydrogens is 248 g/mol. The van der Waals surface area contributed by atoms with E-state index in [0.29, 0.717) is 5.92 Å². The van der Waals surface area contributed by atoms with Gasteiger partial charge >= 0.3 is 0 Å². The molecule has 20 heavy (non-hydrogen) atoms. The maximum absolute atomic E-state index is 10.8. The number of fused-ring (bicyclic) bond motifs is 1. The van der Waals surface area contributed by atoms with E-state index in [2.05, 4.69) is 31.2 Å². The molecule has 1 fully saturated rings. The largest absolute Gasteiger partial charge is 0.390 e. The Labute approximate surface area is 122 Å². The van der Waals surface area contributed by atoms with Gasteiger partial charge in [0.2, 0.25) is 0 Å². The van der Waals surface area contributed by atoms with Crippen LogP contribution in [0.2, 0.25) is 0 Å². The summed E-state index contributed by atoms with van der Waals surface area (Å²) in [6, 6.07) is 8.44. The van der Waals surface area contributed by atoms with Crippen molar-refractivity contribution in [3.8, 4) is 0 Å². The van der Waals surface area contributed by atoms with Crippen LogP contribution < -0.4 is 0 Å². The van der Waals surface area contributed by atoms with E-state index in [1.54, 1.807) is 0 Å². The van der Waals surface area contributed by atoms with Crippen LogP contribution in [0.4, 0.5) is 0 Å². The summed E-state index contributed by atoms with van der Waals surface area (Å²) >= 11 is 0. The number of hydrogen-bond acceptors (Lipinski definition) is 2. The fraction of sp³-hybridized carbons (Fsp3) is 0.667. The van der Waals surface area contributed by atoms with Crippen LogP contribution in [-0.4, -0.2) is 17.8 Å². The van der Waals surface area contributed by atoms with E-state index < -0.39 is 0 Å². The highest BCUT2D eigenvalue weighted by molar-refractivity contribution is 5.31. The quantitative estimate of drug-likeness (QED) is 0.906. The molecule has 4 atom stereocenters. The first kappa shape index (κ1) is 14.1. The Hall–Kier alpha value is -0.860. The van der Waals surface area contributed by atoms with Crippen molar-refractivity contribution < 1.29 is 9.84 Å². The van der Waals surface area contributed by atoms with Gasteiger partial charge in [-0.05, 0) is 42.2 Å². The van der Waals surface area contributed by atoms with Gasteiger partial charge in [-0.15, -0.1) is 0 Å². The van der Waals surface area contributed by atoms with E-state index in [-0.39, 0.29) is 12.2 Å². The van der Waals surface area contributed by atoms with E-state index in [4.69, 9.17) is 4.74 Å². The SMILES string of the molecule is CCC1CCCC(C(O)C2OCCc3ccccc32)C1. The minimum Gasteiger partial charge on any atom is -0.390 e. The normalized spacial score (nSPS) is 31.6. The van der Waals surface area contributed by atoms with Crippen molar-refractivity contribution in [1.29, 1.82) is 0 Å². The molecule has 0 bridgehead atoms. The zero-order valence-corrected chi connectivity index (χ0v) is 12.4. The van der Waals surface area contributed by atoms with Gasteiger partial charge in [0, 0.05) is 0 Å². The lowest BCUT2D eigenvalue weighted by Gasteiger charge is -2.37. The molecule has 3 rings (SSSR count). The van der Waals surface area contributed by atoms with Gasteiger partial charge in [-0.1, -0.05) is 50.5 Å². The summed E-state index contributed by atoms with van der Waals surface area (Å²) in [5.74, 6) is 1.20. The predicted octanol–water partition coefficient (Wildman–Crippen LogP) is 3.88. The van der Waals surface area contributed by atoms with Crippen molar-refractivity contribution in [3.05, 3.63) is 35.4 Å². The van der Waals surface area contributed by atoms with Crippen molar-refractivity contribution in [1.82, 2.24) is 0 Å². The molecule has 0 radical (unpaired) electrons. The number of rotatable bonds is 3. The number of aliphatic hydroxyl groups excluding tert-OH is 1. The van der Waals surface area contributed by atoms with E-state index in [1.807, 2.05) is 0 Å². The van der Waals surface area contributed by atoms with E-state index in [9.17, 15) is 5.11 Å². The van der Waals surface area contributed by atoms with Crippen molar-refractivity contribution in [2.24, 2.45) is 11.8 Å². The Morgan fingerprint density at radius 1 is 1.30 bits per heavy atom. The average Bonchev–Trinajstić information content (AvgIpc) is 2.53. The topological polar surface area (TPSA) is 29.5 Å². The summed E-state index contributed by atoms with van der Waals surface area (Å²) in [6.45, 7) is 3.01. The third-order valence-electron chi connectivity index (χ3n) is 5.22. The van der Waals surface area contributed by atoms with E-state index in [1.165, 1.54) is 36.8 Å². The average molecular weight is 274 g/mol. The Morgan fingerprint density at radius 2 is 2.15 bits per heavy atom. The first-order valence-electron chi connectivity index (χ1n) is 8.17. The minimum absolute atomic E-state index is 0.111. The Balaban J connectivity index is 1.76. The fourth-order valence-corrected chi connectivity index (χ4v) is 3.97. The molecule has 1 saturated carbocycles. The van der Waals surface area contributed by atoms with Gasteiger partial charge < -0.3 is 9.84 Å². The van der Waals surface area contributed by atoms with Crippen molar-refractivity contribution in [3.63, 3.8) is 0 Å². The summed E-state index contributed by atoms with van der Waals surface area (Å²) < 4.78 is 5.94. The molecule has 0 saturated heterocycles. The number of ether oxygens (including phenoxy) is 1. The standard InChI is InChI=1S/C18H26O2/c1-2-13-6-5-8-15(12-13)17(19)18-16-9-4-3-7-14(16)10-11-20-18/h3-4,7,9,13,15,17-19H,2,5-6,8,10-12H2,1H3. The summed E-state index contributed by atoms with van der Waals surface area (Å²) in [6.07, 6.45) is 6.68. The van der Waals surface area contributed by atoms with Crippen LogP contribution in [0.1, 0.15) is 56.3 Å². The first-order chi connectivity index (χ1) is 9.79. The summed E-state index contributed by atoms with van der Waals surface area (Å²) in [5, 5.41) is 10.8. The van der Waals surface area contributed by atoms with Crippen LogP contribution in [0.15, 0.2) is 24.3 Å². The van der Waals surface area contributed by atoms with Crippen molar-refractivity contribution in [2.75, 3.05) is 6.61 Å². The lowest BCUT2D eigenvalue weighted by molar-refractivity contribution is -0.0804. The van der Waals surface area contributed by atoms with Gasteiger partial charge in [0.1, 0.15) is 6.10 Å². The van der Waals surface area contributed by atoms with Gasteiger partial charge in [0.25, 0.3) is 0 Å². The molecule has 110 valence electrons. The molecule has 0 aromatic heterocycles. The Bertz CT molecular complexity index is 443. The van der Waals surface area contributed by atoms with Crippen molar-refractivity contribution >= 4 is 0 Å². The molecule has 2 nitrogen and oxygen atoms in total. The van der Waals surface area contributed by atoms with E-state index >= 15 is 0 Å². The van der Waals surface area contributed by atoms with Gasteiger partial charge in [-0.2, -0.15) is 0 Å². The zero-order chi connectivity index (χ0) is 13.9. The molecule has 2 aliphatic rings. The van der Waals surface area contributed by atoms with Crippen LogP contribution >= 0.6 is 0 Å². The van der Waals surface area contributed by atoms with Gasteiger partial charge in [-0.25, -0.2) is 0 Å². The molecule has 1 aliphatic carbocycles. The highest BCUT2D eigenvalue weighted by Gasteiger charge is 2.35. The zero-order valence-electron chi connectivity index (χ0n) is 12.4.